The van der Waals surface area contributed by atoms with Gasteiger partial charge in [-0.15, -0.1) is 12.4 Å². The molecule has 0 spiro atoms. The molecular formula is C13H18BrClN2O2. The summed E-state index contributed by atoms with van der Waals surface area (Å²) in [4.78, 5) is 11.8. The zero-order valence-electron chi connectivity index (χ0n) is 10.7. The summed E-state index contributed by atoms with van der Waals surface area (Å²) in [6.45, 7) is 4.29. The predicted molar refractivity (Wildman–Crippen MR) is 82.0 cm³/mol. The van der Waals surface area contributed by atoms with Gasteiger partial charge in [0.2, 0.25) is 5.91 Å². The molecule has 1 atom stereocenters. The zero-order chi connectivity index (χ0) is 13.0. The minimum absolute atomic E-state index is 0. The van der Waals surface area contributed by atoms with E-state index < -0.39 is 0 Å². The lowest BCUT2D eigenvalue weighted by atomic mass is 10.2. The van der Waals surface area contributed by atoms with Crippen LogP contribution in [0.3, 0.4) is 0 Å². The van der Waals surface area contributed by atoms with Crippen LogP contribution >= 0.6 is 28.3 Å². The van der Waals surface area contributed by atoms with Crippen molar-refractivity contribution in [2.75, 3.05) is 25.0 Å². The molecule has 1 fully saturated rings. The van der Waals surface area contributed by atoms with Crippen molar-refractivity contribution in [1.29, 1.82) is 0 Å². The Morgan fingerprint density at radius 1 is 1.58 bits per heavy atom. The first-order chi connectivity index (χ1) is 8.65. The summed E-state index contributed by atoms with van der Waals surface area (Å²) in [5, 5.41) is 6.09. The fraction of sp³-hybridized carbons (Fsp3) is 0.462. The van der Waals surface area contributed by atoms with Crippen LogP contribution in [0.25, 0.3) is 0 Å². The lowest BCUT2D eigenvalue weighted by molar-refractivity contribution is -0.119. The molecule has 2 rings (SSSR count). The quantitative estimate of drug-likeness (QED) is 0.881. The number of nitrogens with one attached hydrogen (secondary N) is 2. The number of ether oxygens (including phenoxy) is 1. The van der Waals surface area contributed by atoms with Crippen molar-refractivity contribution in [3.8, 4) is 0 Å². The van der Waals surface area contributed by atoms with Gasteiger partial charge in [-0.3, -0.25) is 4.79 Å². The number of halogens is 2. The first kappa shape index (κ1) is 16.4. The highest BCUT2D eigenvalue weighted by Crippen LogP contribution is 2.20. The summed E-state index contributed by atoms with van der Waals surface area (Å²) in [5.74, 6) is -0.0144. The molecule has 0 radical (unpaired) electrons. The first-order valence-corrected chi connectivity index (χ1v) is 6.83. The number of carbonyl (C=O) groups excluding carboxylic acids is 1. The maximum atomic E-state index is 11.8. The van der Waals surface area contributed by atoms with Crippen molar-refractivity contribution in [3.05, 3.63) is 28.2 Å². The third kappa shape index (κ3) is 5.10. The smallest absolute Gasteiger partial charge is 0.227 e. The molecule has 1 unspecified atom stereocenters. The second kappa shape index (κ2) is 7.85. The molecule has 0 bridgehead atoms. The van der Waals surface area contributed by atoms with Crippen LogP contribution in [-0.2, 0) is 9.53 Å². The number of benzene rings is 1. The summed E-state index contributed by atoms with van der Waals surface area (Å²) in [7, 11) is 0. The van der Waals surface area contributed by atoms with E-state index >= 15 is 0 Å². The fourth-order valence-corrected chi connectivity index (χ4v) is 2.22. The minimum Gasteiger partial charge on any atom is -0.375 e. The maximum Gasteiger partial charge on any atom is 0.227 e. The average Bonchev–Trinajstić information content (AvgIpc) is 2.35. The van der Waals surface area contributed by atoms with Gasteiger partial charge in [0.25, 0.3) is 0 Å². The topological polar surface area (TPSA) is 50.4 Å². The van der Waals surface area contributed by atoms with Crippen molar-refractivity contribution in [1.82, 2.24) is 5.32 Å². The maximum absolute atomic E-state index is 11.8. The highest BCUT2D eigenvalue weighted by atomic mass is 79.9. The molecule has 0 aliphatic carbocycles. The van der Waals surface area contributed by atoms with Crippen LogP contribution in [0.4, 0.5) is 5.69 Å². The minimum atomic E-state index is -0.0207. The molecule has 1 amide bonds. The van der Waals surface area contributed by atoms with Gasteiger partial charge in [0.05, 0.1) is 19.1 Å². The van der Waals surface area contributed by atoms with E-state index in [-0.39, 0.29) is 24.4 Å². The molecule has 1 aromatic rings. The molecule has 1 aliphatic heterocycles. The van der Waals surface area contributed by atoms with E-state index in [1.807, 2.05) is 25.1 Å². The van der Waals surface area contributed by atoms with Crippen molar-refractivity contribution in [2.24, 2.45) is 0 Å². The third-order valence-electron chi connectivity index (χ3n) is 2.87. The Hall–Kier alpha value is -0.620. The largest absolute Gasteiger partial charge is 0.375 e. The number of aryl methyl sites for hydroxylation is 1. The summed E-state index contributed by atoms with van der Waals surface area (Å²) in [6, 6.07) is 5.78. The molecule has 1 saturated heterocycles. The Bertz CT molecular complexity index is 437. The van der Waals surface area contributed by atoms with E-state index in [2.05, 4.69) is 26.6 Å². The fourth-order valence-electron chi connectivity index (χ4n) is 1.84. The normalized spacial score (nSPS) is 18.5. The van der Waals surface area contributed by atoms with Crippen molar-refractivity contribution < 1.29 is 9.53 Å². The van der Waals surface area contributed by atoms with Crippen LogP contribution in [0, 0.1) is 6.92 Å². The standard InChI is InChI=1S/C13H17BrN2O2.ClH/c1-9-2-3-10(6-12(9)14)16-13(17)7-11-8-15-4-5-18-11;/h2-3,6,11,15H,4-5,7-8H2,1H3,(H,16,17);1H. The SMILES string of the molecule is Cc1ccc(NC(=O)CC2CNCCO2)cc1Br.Cl. The molecular weight excluding hydrogens is 332 g/mol. The number of hydrogen-bond acceptors (Lipinski definition) is 3. The van der Waals surface area contributed by atoms with E-state index in [1.165, 1.54) is 0 Å². The Kier molecular flexibility index (Phi) is 6.79. The van der Waals surface area contributed by atoms with Gasteiger partial charge in [0.1, 0.15) is 0 Å². The van der Waals surface area contributed by atoms with Gasteiger partial charge in [-0.05, 0) is 24.6 Å². The van der Waals surface area contributed by atoms with Crippen LogP contribution in [0.5, 0.6) is 0 Å². The summed E-state index contributed by atoms with van der Waals surface area (Å²) < 4.78 is 6.49. The lowest BCUT2D eigenvalue weighted by Crippen LogP contribution is -2.40. The summed E-state index contributed by atoms with van der Waals surface area (Å²) in [6.07, 6.45) is 0.367. The van der Waals surface area contributed by atoms with Crippen LogP contribution < -0.4 is 10.6 Å². The molecule has 1 aliphatic rings. The number of amides is 1. The molecule has 106 valence electrons. The molecule has 1 aromatic carbocycles. The Labute approximate surface area is 127 Å². The number of anilines is 1. The summed E-state index contributed by atoms with van der Waals surface area (Å²) >= 11 is 3.45. The van der Waals surface area contributed by atoms with Gasteiger partial charge >= 0.3 is 0 Å². The Balaban J connectivity index is 0.00000180. The van der Waals surface area contributed by atoms with Crippen molar-refractivity contribution in [2.45, 2.75) is 19.4 Å². The summed E-state index contributed by atoms with van der Waals surface area (Å²) in [5.41, 5.74) is 1.95. The number of morpholine rings is 1. The Morgan fingerprint density at radius 2 is 2.37 bits per heavy atom. The molecule has 4 nitrogen and oxygen atoms in total. The first-order valence-electron chi connectivity index (χ1n) is 6.03. The number of carbonyl (C=O) groups is 1. The Morgan fingerprint density at radius 3 is 3.00 bits per heavy atom. The number of rotatable bonds is 3. The van der Waals surface area contributed by atoms with Crippen molar-refractivity contribution >= 4 is 39.9 Å². The van der Waals surface area contributed by atoms with E-state index in [4.69, 9.17) is 4.74 Å². The highest BCUT2D eigenvalue weighted by molar-refractivity contribution is 9.10. The van der Waals surface area contributed by atoms with E-state index in [0.29, 0.717) is 13.0 Å². The van der Waals surface area contributed by atoms with Gasteiger partial charge in [-0.25, -0.2) is 0 Å². The third-order valence-corrected chi connectivity index (χ3v) is 3.73. The molecule has 0 aromatic heterocycles. The van der Waals surface area contributed by atoms with Gasteiger partial charge in [0, 0.05) is 23.2 Å². The predicted octanol–water partition coefficient (Wildman–Crippen LogP) is 2.50. The average molecular weight is 350 g/mol. The number of hydrogen-bond donors (Lipinski definition) is 2. The van der Waals surface area contributed by atoms with Crippen LogP contribution in [0.2, 0.25) is 0 Å². The van der Waals surface area contributed by atoms with Gasteiger partial charge in [-0.2, -0.15) is 0 Å². The molecule has 2 N–H and O–H groups in total. The molecule has 19 heavy (non-hydrogen) atoms. The van der Waals surface area contributed by atoms with Crippen LogP contribution in [0.15, 0.2) is 22.7 Å². The monoisotopic (exact) mass is 348 g/mol. The van der Waals surface area contributed by atoms with Gasteiger partial charge in [-0.1, -0.05) is 22.0 Å². The molecule has 6 heteroatoms. The molecule has 1 heterocycles. The van der Waals surface area contributed by atoms with E-state index in [1.54, 1.807) is 0 Å². The zero-order valence-corrected chi connectivity index (χ0v) is 13.1. The van der Waals surface area contributed by atoms with Crippen LogP contribution in [0.1, 0.15) is 12.0 Å². The van der Waals surface area contributed by atoms with Gasteiger partial charge in [0.15, 0.2) is 0 Å². The second-order valence-electron chi connectivity index (χ2n) is 4.41. The van der Waals surface area contributed by atoms with E-state index in [0.717, 1.165) is 28.8 Å². The second-order valence-corrected chi connectivity index (χ2v) is 5.27. The van der Waals surface area contributed by atoms with Crippen molar-refractivity contribution in [3.63, 3.8) is 0 Å². The lowest BCUT2D eigenvalue weighted by Gasteiger charge is -2.23. The highest BCUT2D eigenvalue weighted by Gasteiger charge is 2.17. The van der Waals surface area contributed by atoms with Crippen LogP contribution in [-0.4, -0.2) is 31.7 Å². The van der Waals surface area contributed by atoms with E-state index in [9.17, 15) is 4.79 Å². The van der Waals surface area contributed by atoms with Gasteiger partial charge < -0.3 is 15.4 Å². The molecule has 0 saturated carbocycles.